The van der Waals surface area contributed by atoms with Crippen LogP contribution in [0, 0.1) is 6.92 Å². The SMILES string of the molecule is Cc1c(C(N)=O)cc(OCC2CCN2C)cc1C1(c2cc(OCc3ccccc3)cc3ncccc23)CC1. The van der Waals surface area contributed by atoms with Crippen LogP contribution in [-0.4, -0.2) is 42.0 Å². The Morgan fingerprint density at radius 3 is 2.47 bits per heavy atom. The van der Waals surface area contributed by atoms with Gasteiger partial charge in [0.05, 0.1) is 5.52 Å². The average molecular weight is 508 g/mol. The zero-order valence-corrected chi connectivity index (χ0v) is 21.9. The van der Waals surface area contributed by atoms with E-state index in [1.54, 1.807) is 6.07 Å². The van der Waals surface area contributed by atoms with Crippen LogP contribution in [0.2, 0.25) is 0 Å². The number of fused-ring (bicyclic) bond motifs is 1. The molecule has 2 fully saturated rings. The number of carbonyl (C=O) groups excluding carboxylic acids is 1. The lowest BCUT2D eigenvalue weighted by atomic mass is 9.81. The third kappa shape index (κ3) is 4.50. The molecule has 1 aliphatic carbocycles. The number of hydrogen-bond acceptors (Lipinski definition) is 5. The van der Waals surface area contributed by atoms with Crippen LogP contribution in [0.1, 0.15) is 51.9 Å². The second kappa shape index (κ2) is 9.76. The molecular weight excluding hydrogens is 474 g/mol. The van der Waals surface area contributed by atoms with Crippen LogP contribution in [0.15, 0.2) is 72.9 Å². The van der Waals surface area contributed by atoms with Gasteiger partial charge in [-0.25, -0.2) is 0 Å². The van der Waals surface area contributed by atoms with Gasteiger partial charge in [0.2, 0.25) is 5.91 Å². The van der Waals surface area contributed by atoms with Gasteiger partial charge in [0.15, 0.2) is 0 Å². The Morgan fingerprint density at radius 1 is 1.03 bits per heavy atom. The minimum Gasteiger partial charge on any atom is -0.492 e. The number of nitrogens with two attached hydrogens (primary N) is 1. The van der Waals surface area contributed by atoms with Gasteiger partial charge >= 0.3 is 0 Å². The summed E-state index contributed by atoms with van der Waals surface area (Å²) < 4.78 is 12.5. The fourth-order valence-corrected chi connectivity index (χ4v) is 5.68. The first-order chi connectivity index (χ1) is 18.4. The lowest BCUT2D eigenvalue weighted by Crippen LogP contribution is -2.48. The van der Waals surface area contributed by atoms with Crippen molar-refractivity contribution in [1.82, 2.24) is 9.88 Å². The van der Waals surface area contributed by atoms with E-state index in [0.717, 1.165) is 59.2 Å². The predicted molar refractivity (Wildman–Crippen MR) is 149 cm³/mol. The molecule has 1 aromatic heterocycles. The van der Waals surface area contributed by atoms with Crippen LogP contribution in [0.5, 0.6) is 11.5 Å². The van der Waals surface area contributed by atoms with Gasteiger partial charge in [0, 0.05) is 34.7 Å². The Morgan fingerprint density at radius 2 is 1.79 bits per heavy atom. The number of hydrogen-bond donors (Lipinski definition) is 1. The molecule has 2 heterocycles. The molecule has 2 N–H and O–H groups in total. The fraction of sp³-hybridized carbons (Fsp3) is 0.312. The van der Waals surface area contributed by atoms with Crippen molar-refractivity contribution in [2.45, 2.75) is 44.2 Å². The number of carbonyl (C=O) groups is 1. The quantitative estimate of drug-likeness (QED) is 0.329. The first-order valence-corrected chi connectivity index (χ1v) is 13.3. The fourth-order valence-electron chi connectivity index (χ4n) is 5.68. The molecule has 1 unspecified atom stereocenters. The molecule has 0 spiro atoms. The van der Waals surface area contributed by atoms with Crippen molar-refractivity contribution >= 4 is 16.8 Å². The van der Waals surface area contributed by atoms with Crippen LogP contribution in [0.3, 0.4) is 0 Å². The van der Waals surface area contributed by atoms with E-state index >= 15 is 0 Å². The van der Waals surface area contributed by atoms with Crippen molar-refractivity contribution in [2.75, 3.05) is 20.2 Å². The Kier molecular flexibility index (Phi) is 6.28. The molecule has 4 aromatic rings. The van der Waals surface area contributed by atoms with E-state index in [0.29, 0.717) is 30.6 Å². The predicted octanol–water partition coefficient (Wildman–Crippen LogP) is 5.38. The summed E-state index contributed by atoms with van der Waals surface area (Å²) in [4.78, 5) is 19.4. The third-order valence-electron chi connectivity index (χ3n) is 8.25. The molecule has 38 heavy (non-hydrogen) atoms. The number of primary amides is 1. The largest absolute Gasteiger partial charge is 0.492 e. The highest BCUT2D eigenvalue weighted by molar-refractivity contribution is 5.95. The Hall–Kier alpha value is -3.90. The number of aromatic nitrogens is 1. The smallest absolute Gasteiger partial charge is 0.249 e. The van der Waals surface area contributed by atoms with E-state index in [2.05, 4.69) is 47.3 Å². The number of rotatable bonds is 9. The van der Waals surface area contributed by atoms with Crippen LogP contribution < -0.4 is 15.2 Å². The van der Waals surface area contributed by atoms with E-state index in [4.69, 9.17) is 15.2 Å². The molecule has 6 heteroatoms. The molecule has 3 aromatic carbocycles. The van der Waals surface area contributed by atoms with Crippen molar-refractivity contribution < 1.29 is 14.3 Å². The lowest BCUT2D eigenvalue weighted by Gasteiger charge is -2.37. The van der Waals surface area contributed by atoms with Crippen LogP contribution in [-0.2, 0) is 12.0 Å². The van der Waals surface area contributed by atoms with Gasteiger partial charge in [0.25, 0.3) is 0 Å². The highest BCUT2D eigenvalue weighted by Crippen LogP contribution is 2.57. The molecule has 1 atom stereocenters. The monoisotopic (exact) mass is 507 g/mol. The number of benzene rings is 3. The first kappa shape index (κ1) is 24.4. The van der Waals surface area contributed by atoms with Gasteiger partial charge in [-0.1, -0.05) is 36.4 Å². The number of likely N-dealkylation sites (N-methyl/N-ethyl adjacent to an activating group) is 1. The highest BCUT2D eigenvalue weighted by atomic mass is 16.5. The molecule has 0 radical (unpaired) electrons. The van der Waals surface area contributed by atoms with Crippen LogP contribution in [0.25, 0.3) is 10.9 Å². The molecule has 2 aliphatic rings. The maximum absolute atomic E-state index is 12.5. The van der Waals surface area contributed by atoms with Crippen molar-refractivity contribution in [3.8, 4) is 11.5 Å². The molecule has 1 aliphatic heterocycles. The van der Waals surface area contributed by atoms with E-state index in [1.807, 2.05) is 43.5 Å². The van der Waals surface area contributed by atoms with Crippen molar-refractivity contribution in [2.24, 2.45) is 5.73 Å². The summed E-state index contributed by atoms with van der Waals surface area (Å²) in [6.45, 7) is 4.16. The van der Waals surface area contributed by atoms with Gasteiger partial charge in [-0.3, -0.25) is 14.7 Å². The van der Waals surface area contributed by atoms with Gasteiger partial charge in [-0.2, -0.15) is 0 Å². The third-order valence-corrected chi connectivity index (χ3v) is 8.25. The maximum atomic E-state index is 12.5. The summed E-state index contributed by atoms with van der Waals surface area (Å²) in [5.41, 5.74) is 11.3. The minimum atomic E-state index is -0.433. The highest BCUT2D eigenvalue weighted by Gasteiger charge is 2.48. The minimum absolute atomic E-state index is 0.256. The van der Waals surface area contributed by atoms with E-state index in [-0.39, 0.29) is 5.41 Å². The van der Waals surface area contributed by atoms with E-state index in [9.17, 15) is 4.79 Å². The number of ether oxygens (including phenoxy) is 2. The Balaban J connectivity index is 1.40. The molecule has 1 amide bonds. The summed E-state index contributed by atoms with van der Waals surface area (Å²) in [5, 5.41) is 1.10. The lowest BCUT2D eigenvalue weighted by molar-refractivity contribution is 0.0767. The number of amides is 1. The first-order valence-electron chi connectivity index (χ1n) is 13.3. The van der Waals surface area contributed by atoms with Crippen LogP contribution >= 0.6 is 0 Å². The number of pyridine rings is 1. The topological polar surface area (TPSA) is 77.7 Å². The zero-order valence-electron chi connectivity index (χ0n) is 21.9. The second-order valence-electron chi connectivity index (χ2n) is 10.6. The molecule has 194 valence electrons. The van der Waals surface area contributed by atoms with Gasteiger partial charge in [-0.05, 0) is 86.3 Å². The van der Waals surface area contributed by atoms with Gasteiger partial charge in [-0.15, -0.1) is 0 Å². The van der Waals surface area contributed by atoms with Crippen molar-refractivity contribution in [3.63, 3.8) is 0 Å². The van der Waals surface area contributed by atoms with Crippen LogP contribution in [0.4, 0.5) is 0 Å². The van der Waals surface area contributed by atoms with Crippen molar-refractivity contribution in [1.29, 1.82) is 0 Å². The summed E-state index contributed by atoms with van der Waals surface area (Å²) in [6.07, 6.45) is 4.87. The van der Waals surface area contributed by atoms with E-state index < -0.39 is 5.91 Å². The van der Waals surface area contributed by atoms with E-state index in [1.165, 1.54) is 5.56 Å². The summed E-state index contributed by atoms with van der Waals surface area (Å²) in [7, 11) is 2.11. The Bertz CT molecular complexity index is 1500. The zero-order chi connectivity index (χ0) is 26.3. The maximum Gasteiger partial charge on any atom is 0.249 e. The molecule has 6 nitrogen and oxygen atoms in total. The summed E-state index contributed by atoms with van der Waals surface area (Å²) >= 11 is 0. The summed E-state index contributed by atoms with van der Waals surface area (Å²) in [6, 6.07) is 22.7. The van der Waals surface area contributed by atoms with Crippen molar-refractivity contribution in [3.05, 3.63) is 101 Å². The molecular formula is C32H33N3O3. The number of likely N-dealkylation sites (tertiary alicyclic amines) is 1. The molecule has 1 saturated carbocycles. The average Bonchev–Trinajstić information content (AvgIpc) is 3.73. The van der Waals surface area contributed by atoms with Gasteiger partial charge in [0.1, 0.15) is 24.7 Å². The molecule has 1 saturated heterocycles. The normalized spacial score (nSPS) is 18.1. The molecule has 0 bridgehead atoms. The van der Waals surface area contributed by atoms with Gasteiger partial charge < -0.3 is 15.2 Å². The Labute approximate surface area is 223 Å². The number of nitrogens with zero attached hydrogens (tertiary/aromatic N) is 2. The second-order valence-corrected chi connectivity index (χ2v) is 10.6. The molecule has 6 rings (SSSR count). The standard InChI is InChI=1S/C32H33N3O3/c1-21-27(31(33)36)15-24(38-20-23-10-14-35(23)2)16-28(21)32(11-12-32)29-17-25(18-30-26(29)9-6-13-34-30)37-19-22-7-4-3-5-8-22/h3-9,13,15-18,23H,10-12,14,19-20H2,1-2H3,(H2,33,36). The summed E-state index contributed by atoms with van der Waals surface area (Å²) in [5.74, 6) is 1.05.